The summed E-state index contributed by atoms with van der Waals surface area (Å²) >= 11 is 0. The Bertz CT molecular complexity index is 839. The van der Waals surface area contributed by atoms with Gasteiger partial charge in [-0.3, -0.25) is 19.7 Å². The molecular formula is C20H23N3O5. The molecule has 3 N–H and O–H groups in total. The van der Waals surface area contributed by atoms with Crippen molar-refractivity contribution >= 4 is 23.2 Å². The Hall–Kier alpha value is -3.26. The van der Waals surface area contributed by atoms with E-state index in [0.717, 1.165) is 5.56 Å². The van der Waals surface area contributed by atoms with Gasteiger partial charge in [0.15, 0.2) is 0 Å². The van der Waals surface area contributed by atoms with Gasteiger partial charge in [-0.1, -0.05) is 30.3 Å². The molecule has 0 radical (unpaired) electrons. The SMILES string of the molecule is Cc1cc([N+](=O)[O-])ccc1NC(=O)C(=O)NCCC(CCO)c1ccccc1. The van der Waals surface area contributed by atoms with Crippen LogP contribution in [0.15, 0.2) is 48.5 Å². The molecule has 1 unspecified atom stereocenters. The molecule has 28 heavy (non-hydrogen) atoms. The van der Waals surface area contributed by atoms with E-state index < -0.39 is 16.7 Å². The summed E-state index contributed by atoms with van der Waals surface area (Å²) in [5, 5.41) is 25.0. The van der Waals surface area contributed by atoms with E-state index in [4.69, 9.17) is 0 Å². The number of aliphatic hydroxyl groups excluding tert-OH is 1. The largest absolute Gasteiger partial charge is 0.396 e. The number of carbonyl (C=O) groups excluding carboxylic acids is 2. The molecule has 2 rings (SSSR count). The van der Waals surface area contributed by atoms with Gasteiger partial charge in [0.2, 0.25) is 0 Å². The van der Waals surface area contributed by atoms with Gasteiger partial charge in [0.1, 0.15) is 0 Å². The first-order valence-electron chi connectivity index (χ1n) is 8.92. The molecule has 2 amide bonds. The number of benzene rings is 2. The molecule has 0 spiro atoms. The van der Waals surface area contributed by atoms with Crippen molar-refractivity contribution in [2.24, 2.45) is 0 Å². The van der Waals surface area contributed by atoms with E-state index in [1.807, 2.05) is 30.3 Å². The third-order valence-corrected chi connectivity index (χ3v) is 4.40. The van der Waals surface area contributed by atoms with Crippen LogP contribution in [0.5, 0.6) is 0 Å². The Morgan fingerprint density at radius 2 is 1.82 bits per heavy atom. The lowest BCUT2D eigenvalue weighted by molar-refractivity contribution is -0.384. The van der Waals surface area contributed by atoms with Crippen LogP contribution in [0.3, 0.4) is 0 Å². The Morgan fingerprint density at radius 3 is 2.43 bits per heavy atom. The van der Waals surface area contributed by atoms with Gasteiger partial charge in [0.25, 0.3) is 5.69 Å². The number of nitro groups is 1. The number of carbonyl (C=O) groups is 2. The Balaban J connectivity index is 1.88. The average molecular weight is 385 g/mol. The van der Waals surface area contributed by atoms with Crippen molar-refractivity contribution < 1.29 is 19.6 Å². The molecule has 0 bridgehead atoms. The van der Waals surface area contributed by atoms with Gasteiger partial charge >= 0.3 is 11.8 Å². The molecule has 0 aromatic heterocycles. The monoisotopic (exact) mass is 385 g/mol. The van der Waals surface area contributed by atoms with Crippen LogP contribution in [0.4, 0.5) is 11.4 Å². The highest BCUT2D eigenvalue weighted by atomic mass is 16.6. The highest BCUT2D eigenvalue weighted by Gasteiger charge is 2.17. The topological polar surface area (TPSA) is 122 Å². The van der Waals surface area contributed by atoms with E-state index >= 15 is 0 Å². The highest BCUT2D eigenvalue weighted by molar-refractivity contribution is 6.39. The molecule has 2 aromatic rings. The minimum atomic E-state index is -0.838. The van der Waals surface area contributed by atoms with Gasteiger partial charge in [0, 0.05) is 31.0 Å². The second kappa shape index (κ2) is 10.2. The van der Waals surface area contributed by atoms with Crippen LogP contribution in [0, 0.1) is 17.0 Å². The van der Waals surface area contributed by atoms with Crippen LogP contribution >= 0.6 is 0 Å². The van der Waals surface area contributed by atoms with Crippen molar-refractivity contribution in [3.8, 4) is 0 Å². The molecule has 0 aliphatic carbocycles. The van der Waals surface area contributed by atoms with Crippen LogP contribution in [0.1, 0.15) is 29.9 Å². The summed E-state index contributed by atoms with van der Waals surface area (Å²) in [5.74, 6) is -1.55. The molecule has 2 aromatic carbocycles. The molecule has 0 aliphatic rings. The van der Waals surface area contributed by atoms with E-state index in [9.17, 15) is 24.8 Å². The van der Waals surface area contributed by atoms with E-state index in [2.05, 4.69) is 10.6 Å². The summed E-state index contributed by atoms with van der Waals surface area (Å²) in [4.78, 5) is 34.3. The molecule has 0 fully saturated rings. The number of rotatable bonds is 8. The molecule has 1 atom stereocenters. The maximum absolute atomic E-state index is 12.1. The van der Waals surface area contributed by atoms with Gasteiger partial charge in [0.05, 0.1) is 4.92 Å². The summed E-state index contributed by atoms with van der Waals surface area (Å²) in [6.07, 6.45) is 1.15. The third-order valence-electron chi connectivity index (χ3n) is 4.40. The number of aryl methyl sites for hydroxylation is 1. The van der Waals surface area contributed by atoms with E-state index in [-0.39, 0.29) is 24.8 Å². The fraction of sp³-hybridized carbons (Fsp3) is 0.300. The Labute approximate surface area is 162 Å². The van der Waals surface area contributed by atoms with Crippen LogP contribution in [0.25, 0.3) is 0 Å². The smallest absolute Gasteiger partial charge is 0.313 e. The van der Waals surface area contributed by atoms with Gasteiger partial charge < -0.3 is 15.7 Å². The summed E-state index contributed by atoms with van der Waals surface area (Å²) in [7, 11) is 0. The third kappa shape index (κ3) is 5.88. The lowest BCUT2D eigenvalue weighted by atomic mass is 9.93. The normalized spacial score (nSPS) is 11.5. The number of aliphatic hydroxyl groups is 1. The lowest BCUT2D eigenvalue weighted by Gasteiger charge is -2.16. The molecule has 0 aliphatic heterocycles. The van der Waals surface area contributed by atoms with Crippen LogP contribution in [0.2, 0.25) is 0 Å². The molecule has 8 nitrogen and oxygen atoms in total. The van der Waals surface area contributed by atoms with E-state index in [0.29, 0.717) is 24.1 Å². The minimum Gasteiger partial charge on any atom is -0.396 e. The maximum Gasteiger partial charge on any atom is 0.313 e. The van der Waals surface area contributed by atoms with Gasteiger partial charge in [-0.25, -0.2) is 0 Å². The minimum absolute atomic E-state index is 0.0351. The van der Waals surface area contributed by atoms with E-state index in [1.54, 1.807) is 6.92 Å². The molecular weight excluding hydrogens is 362 g/mol. The number of anilines is 1. The zero-order valence-corrected chi connectivity index (χ0v) is 15.6. The number of hydrogen-bond acceptors (Lipinski definition) is 5. The molecule has 0 heterocycles. The summed E-state index contributed by atoms with van der Waals surface area (Å²) in [6.45, 7) is 1.93. The van der Waals surface area contributed by atoms with Crippen molar-refractivity contribution in [2.45, 2.75) is 25.7 Å². The first-order valence-corrected chi connectivity index (χ1v) is 8.92. The van der Waals surface area contributed by atoms with Crippen molar-refractivity contribution in [2.75, 3.05) is 18.5 Å². The number of amides is 2. The fourth-order valence-corrected chi connectivity index (χ4v) is 2.88. The summed E-state index contributed by atoms with van der Waals surface area (Å²) < 4.78 is 0. The molecule has 8 heteroatoms. The predicted octanol–water partition coefficient (Wildman–Crippen LogP) is 2.51. The standard InChI is InChI=1S/C20H23N3O5/c1-14-13-17(23(27)28)7-8-18(14)22-20(26)19(25)21-11-9-16(10-12-24)15-5-3-2-4-6-15/h2-8,13,16,24H,9-12H2,1H3,(H,21,25)(H,22,26). The van der Waals surface area contributed by atoms with Crippen molar-refractivity contribution in [3.05, 3.63) is 69.8 Å². The number of nitro benzene ring substituents is 1. The molecule has 148 valence electrons. The fourth-order valence-electron chi connectivity index (χ4n) is 2.88. The number of hydrogen-bond donors (Lipinski definition) is 3. The second-order valence-corrected chi connectivity index (χ2v) is 6.37. The van der Waals surface area contributed by atoms with E-state index in [1.165, 1.54) is 18.2 Å². The van der Waals surface area contributed by atoms with Crippen LogP contribution < -0.4 is 10.6 Å². The van der Waals surface area contributed by atoms with Crippen LogP contribution in [-0.2, 0) is 9.59 Å². The van der Waals surface area contributed by atoms with Crippen molar-refractivity contribution in [3.63, 3.8) is 0 Å². The number of nitrogens with zero attached hydrogens (tertiary/aromatic N) is 1. The predicted molar refractivity (Wildman–Crippen MR) is 105 cm³/mol. The first-order chi connectivity index (χ1) is 13.4. The summed E-state index contributed by atoms with van der Waals surface area (Å²) in [6, 6.07) is 13.7. The van der Waals surface area contributed by atoms with Gasteiger partial charge in [-0.2, -0.15) is 0 Å². The molecule has 0 saturated carbocycles. The first kappa shape index (κ1) is 21.0. The van der Waals surface area contributed by atoms with Crippen molar-refractivity contribution in [1.82, 2.24) is 5.32 Å². The quantitative estimate of drug-likeness (QED) is 0.366. The highest BCUT2D eigenvalue weighted by Crippen LogP contribution is 2.23. The Kier molecular flexibility index (Phi) is 7.65. The van der Waals surface area contributed by atoms with Crippen LogP contribution in [-0.4, -0.2) is 35.0 Å². The second-order valence-electron chi connectivity index (χ2n) is 6.37. The van der Waals surface area contributed by atoms with Crippen molar-refractivity contribution in [1.29, 1.82) is 0 Å². The number of non-ortho nitro benzene ring substituents is 1. The zero-order chi connectivity index (χ0) is 20.5. The zero-order valence-electron chi connectivity index (χ0n) is 15.6. The maximum atomic E-state index is 12.1. The molecule has 0 saturated heterocycles. The lowest BCUT2D eigenvalue weighted by Crippen LogP contribution is -2.36. The number of nitrogens with one attached hydrogen (secondary N) is 2. The summed E-state index contributed by atoms with van der Waals surface area (Å²) in [5.41, 5.74) is 1.81. The average Bonchev–Trinajstić information content (AvgIpc) is 2.69. The van der Waals surface area contributed by atoms with Gasteiger partial charge in [-0.15, -0.1) is 0 Å². The Morgan fingerprint density at radius 1 is 1.11 bits per heavy atom. The van der Waals surface area contributed by atoms with Gasteiger partial charge in [-0.05, 0) is 42.9 Å².